The topological polar surface area (TPSA) is 66.8 Å². The lowest BCUT2D eigenvalue weighted by molar-refractivity contribution is -0.140. The number of ether oxygens (including phenoxy) is 1. The fraction of sp³-hybridized carbons (Fsp3) is 0.500. The molecule has 1 fully saturated rings. The number of hydrogen-bond acceptors (Lipinski definition) is 3. The van der Waals surface area contributed by atoms with Gasteiger partial charge in [0.2, 0.25) is 0 Å². The monoisotopic (exact) mass is 304 g/mol. The molecule has 116 valence electrons. The molecule has 4 nitrogen and oxygen atoms in total. The summed E-state index contributed by atoms with van der Waals surface area (Å²) in [6, 6.07) is 2.60. The van der Waals surface area contributed by atoms with Crippen molar-refractivity contribution in [3.8, 4) is 5.75 Å². The Kier molecular flexibility index (Phi) is 4.41. The molecule has 2 N–H and O–H groups in total. The first kappa shape index (κ1) is 15.6. The van der Waals surface area contributed by atoms with E-state index in [1.165, 1.54) is 0 Å². The normalized spacial score (nSPS) is 22.9. The Bertz CT molecular complexity index is 527. The number of carbonyl (C=O) groups is 1. The summed E-state index contributed by atoms with van der Waals surface area (Å²) in [6.45, 7) is 0. The zero-order valence-electron chi connectivity index (χ0n) is 11.1. The number of alkyl halides is 3. The third kappa shape index (κ3) is 3.66. The van der Waals surface area contributed by atoms with Gasteiger partial charge in [-0.05, 0) is 37.5 Å². The lowest BCUT2D eigenvalue weighted by Gasteiger charge is -2.29. The molecule has 2 unspecified atom stereocenters. The summed E-state index contributed by atoms with van der Waals surface area (Å²) in [5.74, 6) is -1.89. The Morgan fingerprint density at radius 1 is 1.24 bits per heavy atom. The standard InChI is InChI=1S/C14H15F3O4/c15-14(16,17)9-7-8(13(19)20)5-6-11(9)21-12-4-2-1-3-10(12)18/h5-7,10,12,18H,1-4H2,(H,19,20). The highest BCUT2D eigenvalue weighted by Crippen LogP contribution is 2.38. The van der Waals surface area contributed by atoms with Gasteiger partial charge in [-0.2, -0.15) is 13.2 Å². The van der Waals surface area contributed by atoms with Crippen molar-refractivity contribution < 1.29 is 32.9 Å². The Hall–Kier alpha value is -1.76. The van der Waals surface area contributed by atoms with Gasteiger partial charge in [-0.1, -0.05) is 6.42 Å². The van der Waals surface area contributed by atoms with Crippen LogP contribution in [0.25, 0.3) is 0 Å². The number of aromatic carboxylic acids is 1. The molecule has 1 saturated carbocycles. The fourth-order valence-corrected chi connectivity index (χ4v) is 2.37. The number of carboxylic acid groups (broad SMARTS) is 1. The SMILES string of the molecule is O=C(O)c1ccc(OC2CCCCC2O)c(C(F)(F)F)c1. The van der Waals surface area contributed by atoms with Crippen molar-refractivity contribution in [1.29, 1.82) is 0 Å². The van der Waals surface area contributed by atoms with Crippen LogP contribution in [0, 0.1) is 0 Å². The highest BCUT2D eigenvalue weighted by Gasteiger charge is 2.36. The van der Waals surface area contributed by atoms with Crippen LogP contribution in [0.4, 0.5) is 13.2 Å². The van der Waals surface area contributed by atoms with E-state index in [2.05, 4.69) is 0 Å². The number of carboxylic acids is 1. The molecule has 0 saturated heterocycles. The van der Waals surface area contributed by atoms with Crippen molar-refractivity contribution in [2.45, 2.75) is 44.1 Å². The summed E-state index contributed by atoms with van der Waals surface area (Å²) >= 11 is 0. The largest absolute Gasteiger partial charge is 0.487 e. The number of hydrogen-bond donors (Lipinski definition) is 2. The molecule has 0 spiro atoms. The lowest BCUT2D eigenvalue weighted by Crippen LogP contribution is -2.35. The first-order valence-electron chi connectivity index (χ1n) is 6.58. The molecular weight excluding hydrogens is 289 g/mol. The molecule has 1 aromatic carbocycles. The van der Waals surface area contributed by atoms with Gasteiger partial charge in [0.1, 0.15) is 11.9 Å². The van der Waals surface area contributed by atoms with E-state index in [1.807, 2.05) is 0 Å². The molecular formula is C14H15F3O4. The number of aliphatic hydroxyl groups excluding tert-OH is 1. The molecule has 2 rings (SSSR count). The minimum absolute atomic E-state index is 0.446. The molecule has 0 aliphatic heterocycles. The van der Waals surface area contributed by atoms with Crippen LogP contribution < -0.4 is 4.74 Å². The predicted octanol–water partition coefficient (Wildman–Crippen LogP) is 3.09. The Morgan fingerprint density at radius 2 is 1.90 bits per heavy atom. The third-order valence-electron chi connectivity index (χ3n) is 3.48. The van der Waals surface area contributed by atoms with Gasteiger partial charge in [0.05, 0.1) is 17.2 Å². The average molecular weight is 304 g/mol. The maximum Gasteiger partial charge on any atom is 0.419 e. The van der Waals surface area contributed by atoms with Gasteiger partial charge in [0.25, 0.3) is 0 Å². The van der Waals surface area contributed by atoms with Crippen molar-refractivity contribution in [1.82, 2.24) is 0 Å². The van der Waals surface area contributed by atoms with Crippen molar-refractivity contribution in [2.75, 3.05) is 0 Å². The molecule has 21 heavy (non-hydrogen) atoms. The van der Waals surface area contributed by atoms with Crippen molar-refractivity contribution >= 4 is 5.97 Å². The Balaban J connectivity index is 2.31. The van der Waals surface area contributed by atoms with Crippen LogP contribution in [-0.2, 0) is 6.18 Å². The predicted molar refractivity (Wildman–Crippen MR) is 67.3 cm³/mol. The van der Waals surface area contributed by atoms with E-state index in [9.17, 15) is 23.1 Å². The maximum absolute atomic E-state index is 13.0. The molecule has 0 radical (unpaired) electrons. The van der Waals surface area contributed by atoms with E-state index in [0.29, 0.717) is 18.9 Å². The number of benzene rings is 1. The first-order valence-corrected chi connectivity index (χ1v) is 6.58. The highest BCUT2D eigenvalue weighted by molar-refractivity contribution is 5.88. The van der Waals surface area contributed by atoms with Crippen LogP contribution >= 0.6 is 0 Å². The van der Waals surface area contributed by atoms with Gasteiger partial charge in [-0.15, -0.1) is 0 Å². The van der Waals surface area contributed by atoms with Crippen LogP contribution in [0.2, 0.25) is 0 Å². The fourth-order valence-electron chi connectivity index (χ4n) is 2.37. The summed E-state index contributed by atoms with van der Waals surface area (Å²) < 4.78 is 44.3. The second-order valence-electron chi connectivity index (χ2n) is 5.02. The van der Waals surface area contributed by atoms with Gasteiger partial charge in [0, 0.05) is 0 Å². The van der Waals surface area contributed by atoms with Crippen LogP contribution in [-0.4, -0.2) is 28.4 Å². The van der Waals surface area contributed by atoms with Crippen LogP contribution in [0.15, 0.2) is 18.2 Å². The van der Waals surface area contributed by atoms with E-state index < -0.39 is 41.2 Å². The maximum atomic E-state index is 13.0. The van der Waals surface area contributed by atoms with E-state index in [1.54, 1.807) is 0 Å². The molecule has 2 atom stereocenters. The van der Waals surface area contributed by atoms with Crippen molar-refractivity contribution in [3.63, 3.8) is 0 Å². The zero-order valence-corrected chi connectivity index (χ0v) is 11.1. The van der Waals surface area contributed by atoms with Crippen LogP contribution in [0.3, 0.4) is 0 Å². The summed E-state index contributed by atoms with van der Waals surface area (Å²) in [5, 5.41) is 18.5. The second-order valence-corrected chi connectivity index (χ2v) is 5.02. The smallest absolute Gasteiger partial charge is 0.419 e. The molecule has 1 aliphatic rings. The van der Waals surface area contributed by atoms with E-state index in [4.69, 9.17) is 9.84 Å². The third-order valence-corrected chi connectivity index (χ3v) is 3.48. The number of halogens is 3. The Morgan fingerprint density at radius 3 is 2.48 bits per heavy atom. The summed E-state index contributed by atoms with van der Waals surface area (Å²) in [4.78, 5) is 10.8. The van der Waals surface area contributed by atoms with Crippen molar-refractivity contribution in [2.24, 2.45) is 0 Å². The van der Waals surface area contributed by atoms with E-state index in [0.717, 1.165) is 25.0 Å². The average Bonchev–Trinajstić information content (AvgIpc) is 2.40. The second kappa shape index (κ2) is 5.93. The molecule has 0 heterocycles. The van der Waals surface area contributed by atoms with E-state index in [-0.39, 0.29) is 0 Å². The number of aliphatic hydroxyl groups is 1. The molecule has 0 aromatic heterocycles. The van der Waals surface area contributed by atoms with Gasteiger partial charge >= 0.3 is 12.1 Å². The number of rotatable bonds is 3. The summed E-state index contributed by atoms with van der Waals surface area (Å²) in [6.07, 6.45) is -3.69. The van der Waals surface area contributed by atoms with Gasteiger partial charge < -0.3 is 14.9 Å². The minimum Gasteiger partial charge on any atom is -0.487 e. The quantitative estimate of drug-likeness (QED) is 0.900. The van der Waals surface area contributed by atoms with E-state index >= 15 is 0 Å². The van der Waals surface area contributed by atoms with Crippen LogP contribution in [0.1, 0.15) is 41.6 Å². The van der Waals surface area contributed by atoms with Gasteiger partial charge in [-0.25, -0.2) is 4.79 Å². The molecule has 1 aromatic rings. The highest BCUT2D eigenvalue weighted by atomic mass is 19.4. The lowest BCUT2D eigenvalue weighted by atomic mass is 9.94. The molecule has 7 heteroatoms. The van der Waals surface area contributed by atoms with Gasteiger partial charge in [0.15, 0.2) is 0 Å². The van der Waals surface area contributed by atoms with Crippen molar-refractivity contribution in [3.05, 3.63) is 29.3 Å². The molecule has 1 aliphatic carbocycles. The Labute approximate surface area is 119 Å². The molecule has 0 bridgehead atoms. The summed E-state index contributed by atoms with van der Waals surface area (Å²) in [7, 11) is 0. The molecule has 0 amide bonds. The van der Waals surface area contributed by atoms with Gasteiger partial charge in [-0.3, -0.25) is 0 Å². The first-order chi connectivity index (χ1) is 9.79. The summed E-state index contributed by atoms with van der Waals surface area (Å²) in [5.41, 5.74) is -1.60. The van der Waals surface area contributed by atoms with Crippen LogP contribution in [0.5, 0.6) is 5.75 Å². The zero-order chi connectivity index (χ0) is 15.6. The minimum atomic E-state index is -4.72.